The average Bonchev–Trinajstić information content (AvgIpc) is 3.07. The highest BCUT2D eigenvalue weighted by atomic mass is 35.5. The van der Waals surface area contributed by atoms with Crippen molar-refractivity contribution in [2.45, 2.75) is 37.5 Å². The van der Waals surface area contributed by atoms with E-state index in [0.29, 0.717) is 22.6 Å². The van der Waals surface area contributed by atoms with Gasteiger partial charge in [-0.25, -0.2) is 9.07 Å². The first-order valence-corrected chi connectivity index (χ1v) is 7.71. The molecule has 0 atom stereocenters. The van der Waals surface area contributed by atoms with Crippen LogP contribution in [0, 0.1) is 5.82 Å². The minimum atomic E-state index is -0.337. The summed E-state index contributed by atoms with van der Waals surface area (Å²) in [5.41, 5.74) is 2.14. The quantitative estimate of drug-likeness (QED) is 0.724. The van der Waals surface area contributed by atoms with Crippen LogP contribution in [0.25, 0.3) is 5.69 Å². The Balaban J connectivity index is 2.11. The average molecular weight is 313 g/mol. The van der Waals surface area contributed by atoms with E-state index in [-0.39, 0.29) is 5.82 Å². The first kappa shape index (κ1) is 13.9. The summed E-state index contributed by atoms with van der Waals surface area (Å²) in [6, 6.07) is 6.50. The third-order valence-corrected chi connectivity index (χ3v) is 4.56. The van der Waals surface area contributed by atoms with E-state index in [9.17, 15) is 4.39 Å². The molecule has 1 saturated carbocycles. The maximum atomic E-state index is 13.9. The standard InChI is InChI=1S/C15H15Cl2FN2/c16-9-11-14(10-5-1-2-6-10)19-20(15(11)17)13-8-4-3-7-12(13)18/h3-4,7-8,10H,1-2,5-6,9H2. The van der Waals surface area contributed by atoms with Gasteiger partial charge >= 0.3 is 0 Å². The molecule has 0 amide bonds. The molecular formula is C15H15Cl2FN2. The second-order valence-electron chi connectivity index (χ2n) is 5.13. The van der Waals surface area contributed by atoms with Crippen molar-refractivity contribution in [3.63, 3.8) is 0 Å². The Kier molecular flexibility index (Phi) is 3.99. The van der Waals surface area contributed by atoms with E-state index in [1.807, 2.05) is 0 Å². The van der Waals surface area contributed by atoms with Gasteiger partial charge in [-0.2, -0.15) is 5.10 Å². The van der Waals surface area contributed by atoms with E-state index in [1.54, 1.807) is 18.2 Å². The Morgan fingerprint density at radius 2 is 1.95 bits per heavy atom. The number of para-hydroxylation sites is 1. The van der Waals surface area contributed by atoms with Gasteiger partial charge in [0.15, 0.2) is 0 Å². The molecule has 1 aliphatic rings. The van der Waals surface area contributed by atoms with E-state index in [1.165, 1.54) is 23.6 Å². The molecule has 1 aromatic heterocycles. The van der Waals surface area contributed by atoms with Gasteiger partial charge in [0, 0.05) is 11.5 Å². The van der Waals surface area contributed by atoms with Crippen molar-refractivity contribution in [1.29, 1.82) is 0 Å². The lowest BCUT2D eigenvalue weighted by Crippen LogP contribution is -2.01. The third-order valence-electron chi connectivity index (χ3n) is 3.91. The van der Waals surface area contributed by atoms with E-state index < -0.39 is 0 Å². The van der Waals surface area contributed by atoms with E-state index in [2.05, 4.69) is 5.10 Å². The van der Waals surface area contributed by atoms with Crippen molar-refractivity contribution in [2.24, 2.45) is 0 Å². The fraction of sp³-hybridized carbons (Fsp3) is 0.400. The lowest BCUT2D eigenvalue weighted by atomic mass is 10.0. The molecule has 2 nitrogen and oxygen atoms in total. The molecule has 0 N–H and O–H groups in total. The van der Waals surface area contributed by atoms with Crippen LogP contribution in [0.1, 0.15) is 42.9 Å². The molecule has 3 rings (SSSR count). The van der Waals surface area contributed by atoms with Crippen LogP contribution in [0.15, 0.2) is 24.3 Å². The van der Waals surface area contributed by atoms with Crippen LogP contribution in [0.2, 0.25) is 5.15 Å². The van der Waals surface area contributed by atoms with Gasteiger partial charge in [0.25, 0.3) is 0 Å². The zero-order chi connectivity index (χ0) is 14.1. The van der Waals surface area contributed by atoms with Crippen LogP contribution in [0.3, 0.4) is 0 Å². The van der Waals surface area contributed by atoms with E-state index in [4.69, 9.17) is 23.2 Å². The molecule has 1 aromatic carbocycles. The highest BCUT2D eigenvalue weighted by Gasteiger charge is 2.26. The molecule has 5 heteroatoms. The normalized spacial score (nSPS) is 15.9. The van der Waals surface area contributed by atoms with Crippen molar-refractivity contribution < 1.29 is 4.39 Å². The molecule has 2 aromatic rings. The van der Waals surface area contributed by atoms with Crippen LogP contribution in [-0.2, 0) is 5.88 Å². The van der Waals surface area contributed by atoms with E-state index in [0.717, 1.165) is 24.1 Å². The van der Waals surface area contributed by atoms with Crippen LogP contribution >= 0.6 is 23.2 Å². The second-order valence-corrected chi connectivity index (χ2v) is 5.76. The van der Waals surface area contributed by atoms with Crippen LogP contribution in [-0.4, -0.2) is 9.78 Å². The summed E-state index contributed by atoms with van der Waals surface area (Å²) in [5, 5.41) is 4.98. The number of hydrogen-bond donors (Lipinski definition) is 0. The van der Waals surface area contributed by atoms with Gasteiger partial charge < -0.3 is 0 Å². The number of halogens is 3. The minimum absolute atomic E-state index is 0.305. The molecule has 1 heterocycles. The lowest BCUT2D eigenvalue weighted by Gasteiger charge is -2.06. The van der Waals surface area contributed by atoms with Crippen LogP contribution in [0.5, 0.6) is 0 Å². The Morgan fingerprint density at radius 3 is 2.60 bits per heavy atom. The summed E-state index contributed by atoms with van der Waals surface area (Å²) in [6.07, 6.45) is 4.62. The highest BCUT2D eigenvalue weighted by Crippen LogP contribution is 2.38. The summed E-state index contributed by atoms with van der Waals surface area (Å²) >= 11 is 12.4. The number of nitrogens with zero attached hydrogens (tertiary/aromatic N) is 2. The summed E-state index contributed by atoms with van der Waals surface area (Å²) in [7, 11) is 0. The number of aromatic nitrogens is 2. The van der Waals surface area contributed by atoms with Crippen molar-refractivity contribution in [2.75, 3.05) is 0 Å². The first-order valence-electron chi connectivity index (χ1n) is 6.80. The topological polar surface area (TPSA) is 17.8 Å². The molecular weight excluding hydrogens is 298 g/mol. The minimum Gasteiger partial charge on any atom is -0.219 e. The fourth-order valence-electron chi connectivity index (χ4n) is 2.88. The highest BCUT2D eigenvalue weighted by molar-refractivity contribution is 6.31. The fourth-order valence-corrected chi connectivity index (χ4v) is 3.50. The van der Waals surface area contributed by atoms with Gasteiger partial charge in [0.2, 0.25) is 0 Å². The Morgan fingerprint density at radius 1 is 1.25 bits per heavy atom. The van der Waals surface area contributed by atoms with Crippen molar-refractivity contribution in [3.8, 4) is 5.69 Å². The lowest BCUT2D eigenvalue weighted by molar-refractivity contribution is 0.606. The predicted octanol–water partition coefficient (Wildman–Crippen LogP) is 5.06. The van der Waals surface area contributed by atoms with Crippen LogP contribution < -0.4 is 0 Å². The number of benzene rings is 1. The SMILES string of the molecule is Fc1ccccc1-n1nc(C2CCCC2)c(CCl)c1Cl. The molecule has 20 heavy (non-hydrogen) atoms. The van der Waals surface area contributed by atoms with Gasteiger partial charge in [-0.05, 0) is 25.0 Å². The summed E-state index contributed by atoms with van der Waals surface area (Å²) in [4.78, 5) is 0. The van der Waals surface area contributed by atoms with Gasteiger partial charge in [0.1, 0.15) is 16.7 Å². The smallest absolute Gasteiger partial charge is 0.148 e. The molecule has 0 radical (unpaired) electrons. The molecule has 0 spiro atoms. The molecule has 0 unspecified atom stereocenters. The van der Waals surface area contributed by atoms with Crippen molar-refractivity contribution in [3.05, 3.63) is 46.5 Å². The Bertz CT molecular complexity index is 618. The van der Waals surface area contributed by atoms with Gasteiger partial charge in [-0.3, -0.25) is 0 Å². The van der Waals surface area contributed by atoms with Crippen LogP contribution in [0.4, 0.5) is 4.39 Å². The van der Waals surface area contributed by atoms with Gasteiger partial charge in [-0.15, -0.1) is 11.6 Å². The van der Waals surface area contributed by atoms with E-state index >= 15 is 0 Å². The monoisotopic (exact) mass is 312 g/mol. The summed E-state index contributed by atoms with van der Waals surface area (Å²) < 4.78 is 15.4. The largest absolute Gasteiger partial charge is 0.219 e. The summed E-state index contributed by atoms with van der Waals surface area (Å²) in [6.45, 7) is 0. The number of hydrogen-bond acceptors (Lipinski definition) is 1. The van der Waals surface area contributed by atoms with Gasteiger partial charge in [-0.1, -0.05) is 36.6 Å². The molecule has 0 bridgehead atoms. The van der Waals surface area contributed by atoms with Crippen molar-refractivity contribution >= 4 is 23.2 Å². The number of alkyl halides is 1. The number of rotatable bonds is 3. The Labute approximate surface area is 127 Å². The molecule has 0 saturated heterocycles. The molecule has 0 aliphatic heterocycles. The first-order chi connectivity index (χ1) is 9.72. The zero-order valence-corrected chi connectivity index (χ0v) is 12.5. The molecule has 1 aliphatic carbocycles. The zero-order valence-electron chi connectivity index (χ0n) is 11.0. The van der Waals surface area contributed by atoms with Gasteiger partial charge in [0.05, 0.1) is 11.6 Å². The molecule has 1 fully saturated rings. The maximum absolute atomic E-state index is 13.9. The van der Waals surface area contributed by atoms with Crippen molar-refractivity contribution in [1.82, 2.24) is 9.78 Å². The maximum Gasteiger partial charge on any atom is 0.148 e. The Hall–Kier alpha value is -1.06. The summed E-state index contributed by atoms with van der Waals surface area (Å²) in [5.74, 6) is 0.365. The second kappa shape index (κ2) is 5.74. The molecule has 106 valence electrons. The predicted molar refractivity (Wildman–Crippen MR) is 79.3 cm³/mol. The third kappa shape index (κ3) is 2.33.